The fraction of sp³-hybridized carbons (Fsp3) is 0.200. The third-order valence-corrected chi connectivity index (χ3v) is 3.92. The molecular formula is C10H11BrClNO3S. The van der Waals surface area contributed by atoms with E-state index in [-0.39, 0.29) is 22.2 Å². The van der Waals surface area contributed by atoms with Gasteiger partial charge in [-0.2, -0.15) is 0 Å². The van der Waals surface area contributed by atoms with E-state index < -0.39 is 10.0 Å². The molecule has 7 heteroatoms. The second kappa shape index (κ2) is 5.86. The summed E-state index contributed by atoms with van der Waals surface area (Å²) in [4.78, 5) is 0.0484. The van der Waals surface area contributed by atoms with Crippen LogP contribution in [0.3, 0.4) is 0 Å². The fourth-order valence-corrected chi connectivity index (χ4v) is 2.99. The van der Waals surface area contributed by atoms with Gasteiger partial charge in [-0.25, -0.2) is 13.1 Å². The van der Waals surface area contributed by atoms with Gasteiger partial charge in [0.1, 0.15) is 10.6 Å². The molecule has 17 heavy (non-hydrogen) atoms. The molecule has 0 saturated heterocycles. The van der Waals surface area contributed by atoms with Gasteiger partial charge in [-0.05, 0) is 18.2 Å². The van der Waals surface area contributed by atoms with E-state index in [2.05, 4.69) is 27.2 Å². The van der Waals surface area contributed by atoms with Gasteiger partial charge in [0.25, 0.3) is 0 Å². The molecule has 0 aliphatic heterocycles. The fourth-order valence-electron chi connectivity index (χ4n) is 1.11. The third-order valence-electron chi connectivity index (χ3n) is 1.87. The van der Waals surface area contributed by atoms with Gasteiger partial charge in [0.05, 0.1) is 7.11 Å². The molecule has 0 fully saturated rings. The van der Waals surface area contributed by atoms with Crippen LogP contribution < -0.4 is 9.46 Å². The Bertz CT molecular complexity index is 530. The number of hydrogen-bond donors (Lipinski definition) is 1. The van der Waals surface area contributed by atoms with Crippen LogP contribution in [0.4, 0.5) is 0 Å². The number of methoxy groups -OCH3 is 1. The highest BCUT2D eigenvalue weighted by Gasteiger charge is 2.19. The lowest BCUT2D eigenvalue weighted by molar-refractivity contribution is 0.402. The van der Waals surface area contributed by atoms with Gasteiger partial charge in [-0.15, -0.1) is 0 Å². The topological polar surface area (TPSA) is 55.4 Å². The summed E-state index contributed by atoms with van der Waals surface area (Å²) in [6.07, 6.45) is 0. The van der Waals surface area contributed by atoms with Crippen LogP contribution in [0.5, 0.6) is 5.75 Å². The Balaban J connectivity index is 3.13. The molecule has 0 spiro atoms. The van der Waals surface area contributed by atoms with Gasteiger partial charge >= 0.3 is 0 Å². The monoisotopic (exact) mass is 339 g/mol. The standard InChI is InChI=1S/C10H11BrClNO3S/c1-7(12)6-13-17(14,15)10-5-8(11)3-4-9(10)16-2/h3-5,13H,1,6H2,2H3. The Hall–Kier alpha value is -0.560. The first-order chi connectivity index (χ1) is 7.86. The number of nitrogens with one attached hydrogen (secondary N) is 1. The van der Waals surface area contributed by atoms with E-state index in [0.29, 0.717) is 4.47 Å². The summed E-state index contributed by atoms with van der Waals surface area (Å²) in [5, 5.41) is 0.211. The number of rotatable bonds is 5. The van der Waals surface area contributed by atoms with Crippen LogP contribution in [-0.2, 0) is 10.0 Å². The highest BCUT2D eigenvalue weighted by molar-refractivity contribution is 9.10. The lowest BCUT2D eigenvalue weighted by Gasteiger charge is -2.10. The highest BCUT2D eigenvalue weighted by Crippen LogP contribution is 2.27. The predicted molar refractivity (Wildman–Crippen MR) is 70.9 cm³/mol. The van der Waals surface area contributed by atoms with Crippen molar-refractivity contribution in [2.75, 3.05) is 13.7 Å². The molecule has 1 rings (SSSR count). The van der Waals surface area contributed by atoms with E-state index in [0.717, 1.165) is 0 Å². The minimum Gasteiger partial charge on any atom is -0.495 e. The maximum absolute atomic E-state index is 12.0. The molecule has 0 aliphatic rings. The quantitative estimate of drug-likeness (QED) is 0.896. The summed E-state index contributed by atoms with van der Waals surface area (Å²) in [5.41, 5.74) is 0. The van der Waals surface area contributed by atoms with Crippen LogP contribution >= 0.6 is 27.5 Å². The van der Waals surface area contributed by atoms with Crippen molar-refractivity contribution in [1.82, 2.24) is 4.72 Å². The molecule has 0 bridgehead atoms. The molecule has 1 aromatic carbocycles. The minimum atomic E-state index is -3.67. The Morgan fingerprint density at radius 3 is 2.76 bits per heavy atom. The van der Waals surface area contributed by atoms with Crippen LogP contribution in [-0.4, -0.2) is 22.1 Å². The Labute approximate surface area is 114 Å². The van der Waals surface area contributed by atoms with Crippen molar-refractivity contribution in [3.63, 3.8) is 0 Å². The maximum Gasteiger partial charge on any atom is 0.244 e. The molecule has 0 atom stereocenters. The first-order valence-corrected chi connectivity index (χ1v) is 7.18. The molecular weight excluding hydrogens is 330 g/mol. The zero-order valence-electron chi connectivity index (χ0n) is 9.04. The zero-order chi connectivity index (χ0) is 13.1. The minimum absolute atomic E-state index is 0.0282. The van der Waals surface area contributed by atoms with E-state index in [9.17, 15) is 8.42 Å². The predicted octanol–water partition coefficient (Wildman–Crippen LogP) is 2.49. The van der Waals surface area contributed by atoms with E-state index in [1.807, 2.05) is 0 Å². The summed E-state index contributed by atoms with van der Waals surface area (Å²) < 4.78 is 31.9. The molecule has 0 amide bonds. The van der Waals surface area contributed by atoms with Gasteiger partial charge < -0.3 is 4.74 Å². The summed E-state index contributed by atoms with van der Waals surface area (Å²) in [7, 11) is -2.27. The van der Waals surface area contributed by atoms with Crippen molar-refractivity contribution in [3.05, 3.63) is 34.3 Å². The van der Waals surface area contributed by atoms with Crippen LogP contribution in [0.15, 0.2) is 39.2 Å². The molecule has 0 radical (unpaired) electrons. The SMILES string of the molecule is C=C(Cl)CNS(=O)(=O)c1cc(Br)ccc1OC. The van der Waals surface area contributed by atoms with Crippen LogP contribution in [0.25, 0.3) is 0 Å². The smallest absolute Gasteiger partial charge is 0.244 e. The van der Waals surface area contributed by atoms with Gasteiger partial charge in [-0.1, -0.05) is 34.1 Å². The molecule has 1 aromatic rings. The lowest BCUT2D eigenvalue weighted by atomic mass is 10.3. The molecule has 4 nitrogen and oxygen atoms in total. The molecule has 0 unspecified atom stereocenters. The van der Waals surface area contributed by atoms with E-state index >= 15 is 0 Å². The van der Waals surface area contributed by atoms with Crippen LogP contribution in [0.2, 0.25) is 0 Å². The number of sulfonamides is 1. The molecule has 0 aromatic heterocycles. The molecule has 1 N–H and O–H groups in total. The largest absolute Gasteiger partial charge is 0.495 e. The Morgan fingerprint density at radius 2 is 2.24 bits per heavy atom. The average molecular weight is 341 g/mol. The van der Waals surface area contributed by atoms with Gasteiger partial charge in [0, 0.05) is 16.0 Å². The Kier molecular flexibility index (Phi) is 5.00. The molecule has 94 valence electrons. The van der Waals surface area contributed by atoms with Crippen LogP contribution in [0, 0.1) is 0 Å². The number of hydrogen-bond acceptors (Lipinski definition) is 3. The molecule has 0 saturated carbocycles. The molecule has 0 heterocycles. The first kappa shape index (κ1) is 14.5. The van der Waals surface area contributed by atoms with E-state index in [4.69, 9.17) is 16.3 Å². The van der Waals surface area contributed by atoms with E-state index in [1.165, 1.54) is 13.2 Å². The van der Waals surface area contributed by atoms with Crippen molar-refractivity contribution in [3.8, 4) is 5.75 Å². The van der Waals surface area contributed by atoms with Crippen molar-refractivity contribution < 1.29 is 13.2 Å². The third kappa shape index (κ3) is 3.99. The van der Waals surface area contributed by atoms with E-state index in [1.54, 1.807) is 12.1 Å². The summed E-state index contributed by atoms with van der Waals surface area (Å²) in [6, 6.07) is 4.71. The zero-order valence-corrected chi connectivity index (χ0v) is 12.2. The van der Waals surface area contributed by atoms with Crippen molar-refractivity contribution >= 4 is 37.6 Å². The number of benzene rings is 1. The maximum atomic E-state index is 12.0. The second-order valence-electron chi connectivity index (χ2n) is 3.14. The van der Waals surface area contributed by atoms with Crippen molar-refractivity contribution in [2.24, 2.45) is 0 Å². The summed E-state index contributed by atoms with van der Waals surface area (Å²) >= 11 is 8.72. The van der Waals surface area contributed by atoms with Crippen molar-refractivity contribution in [2.45, 2.75) is 4.90 Å². The van der Waals surface area contributed by atoms with Gasteiger partial charge in [-0.3, -0.25) is 0 Å². The molecule has 0 aliphatic carbocycles. The highest BCUT2D eigenvalue weighted by atomic mass is 79.9. The first-order valence-electron chi connectivity index (χ1n) is 4.53. The number of halogens is 2. The van der Waals surface area contributed by atoms with Crippen LogP contribution in [0.1, 0.15) is 0 Å². The average Bonchev–Trinajstić information content (AvgIpc) is 2.26. The summed E-state index contributed by atoms with van der Waals surface area (Å²) in [6.45, 7) is 3.38. The van der Waals surface area contributed by atoms with Gasteiger partial charge in [0.15, 0.2) is 0 Å². The summed E-state index contributed by atoms with van der Waals surface area (Å²) in [5.74, 6) is 0.265. The Morgan fingerprint density at radius 1 is 1.59 bits per heavy atom. The number of ether oxygens (including phenoxy) is 1. The van der Waals surface area contributed by atoms with Crippen molar-refractivity contribution in [1.29, 1.82) is 0 Å². The lowest BCUT2D eigenvalue weighted by Crippen LogP contribution is -2.25. The van der Waals surface area contributed by atoms with Gasteiger partial charge in [0.2, 0.25) is 10.0 Å². The normalized spacial score (nSPS) is 11.2. The second-order valence-corrected chi connectivity index (χ2v) is 6.32.